The lowest BCUT2D eigenvalue weighted by molar-refractivity contribution is 0.124. The number of hydrogen-bond acceptors (Lipinski definition) is 1. The van der Waals surface area contributed by atoms with Crippen molar-refractivity contribution in [1.82, 2.24) is 0 Å². The van der Waals surface area contributed by atoms with Crippen LogP contribution in [0.3, 0.4) is 0 Å². The van der Waals surface area contributed by atoms with Crippen molar-refractivity contribution < 1.29 is 4.74 Å². The summed E-state index contributed by atoms with van der Waals surface area (Å²) in [6.07, 6.45) is 0.0405. The van der Waals surface area contributed by atoms with E-state index < -0.39 is 0 Å². The molecule has 0 saturated heterocycles. The van der Waals surface area contributed by atoms with Gasteiger partial charge in [-0.25, -0.2) is 0 Å². The third kappa shape index (κ3) is 2.22. The van der Waals surface area contributed by atoms with Gasteiger partial charge in [0.1, 0.15) is 0 Å². The van der Waals surface area contributed by atoms with E-state index in [1.165, 1.54) is 0 Å². The SMILES string of the molecule is COC(CBr)c1ccccc1Cl. The topological polar surface area (TPSA) is 9.23 Å². The second-order valence-corrected chi connectivity index (χ2v) is 3.45. The molecule has 0 aliphatic carbocycles. The molecule has 66 valence electrons. The summed E-state index contributed by atoms with van der Waals surface area (Å²) < 4.78 is 5.24. The van der Waals surface area contributed by atoms with Gasteiger partial charge in [0.25, 0.3) is 0 Å². The molecule has 0 radical (unpaired) electrons. The lowest BCUT2D eigenvalue weighted by atomic mass is 10.1. The van der Waals surface area contributed by atoms with E-state index in [0.29, 0.717) is 0 Å². The van der Waals surface area contributed by atoms with E-state index in [1.54, 1.807) is 7.11 Å². The normalized spacial score (nSPS) is 12.9. The fourth-order valence-corrected chi connectivity index (χ4v) is 1.88. The molecule has 0 saturated carbocycles. The number of rotatable bonds is 3. The molecule has 1 unspecified atom stereocenters. The average molecular weight is 250 g/mol. The highest BCUT2D eigenvalue weighted by molar-refractivity contribution is 9.09. The predicted molar refractivity (Wildman–Crippen MR) is 55.0 cm³/mol. The van der Waals surface area contributed by atoms with Crippen molar-refractivity contribution in [1.29, 1.82) is 0 Å². The number of methoxy groups -OCH3 is 1. The van der Waals surface area contributed by atoms with E-state index in [1.807, 2.05) is 24.3 Å². The Kier molecular flexibility index (Phi) is 4.06. The standard InChI is InChI=1S/C9H10BrClO/c1-12-9(6-10)7-4-2-3-5-8(7)11/h2-5,9H,6H2,1H3. The van der Waals surface area contributed by atoms with E-state index >= 15 is 0 Å². The van der Waals surface area contributed by atoms with Gasteiger partial charge in [-0.15, -0.1) is 0 Å². The summed E-state index contributed by atoms with van der Waals surface area (Å²) in [6.45, 7) is 0. The summed E-state index contributed by atoms with van der Waals surface area (Å²) in [5.74, 6) is 0. The molecule has 0 fully saturated rings. The average Bonchev–Trinajstić information content (AvgIpc) is 2.10. The number of ether oxygens (including phenoxy) is 1. The van der Waals surface area contributed by atoms with Crippen LogP contribution in [0.4, 0.5) is 0 Å². The third-order valence-electron chi connectivity index (χ3n) is 1.68. The Hall–Kier alpha value is -0.0500. The Balaban J connectivity index is 2.92. The summed E-state index contributed by atoms with van der Waals surface area (Å²) in [5.41, 5.74) is 1.03. The minimum absolute atomic E-state index is 0.0405. The Morgan fingerprint density at radius 1 is 1.50 bits per heavy atom. The number of alkyl halides is 1. The van der Waals surface area contributed by atoms with Gasteiger partial charge in [0, 0.05) is 23.0 Å². The van der Waals surface area contributed by atoms with Gasteiger partial charge < -0.3 is 4.74 Å². The molecule has 0 amide bonds. The molecule has 12 heavy (non-hydrogen) atoms. The number of halogens is 2. The maximum Gasteiger partial charge on any atom is 0.0932 e. The Bertz CT molecular complexity index is 248. The first kappa shape index (κ1) is 10.0. The van der Waals surface area contributed by atoms with Gasteiger partial charge in [-0.1, -0.05) is 45.7 Å². The van der Waals surface area contributed by atoms with Crippen molar-refractivity contribution in [3.05, 3.63) is 34.9 Å². The van der Waals surface area contributed by atoms with Crippen molar-refractivity contribution >= 4 is 27.5 Å². The van der Waals surface area contributed by atoms with Crippen LogP contribution in [0.2, 0.25) is 5.02 Å². The van der Waals surface area contributed by atoms with E-state index in [-0.39, 0.29) is 6.10 Å². The zero-order chi connectivity index (χ0) is 8.97. The summed E-state index contributed by atoms with van der Waals surface area (Å²) in [4.78, 5) is 0. The molecule has 1 atom stereocenters. The van der Waals surface area contributed by atoms with Crippen LogP contribution in [-0.4, -0.2) is 12.4 Å². The van der Waals surface area contributed by atoms with E-state index in [2.05, 4.69) is 15.9 Å². The highest BCUT2D eigenvalue weighted by Gasteiger charge is 2.10. The minimum atomic E-state index is 0.0405. The van der Waals surface area contributed by atoms with Crippen LogP contribution < -0.4 is 0 Å². The van der Waals surface area contributed by atoms with Crippen molar-refractivity contribution in [2.24, 2.45) is 0 Å². The van der Waals surface area contributed by atoms with Crippen LogP contribution in [0.1, 0.15) is 11.7 Å². The number of benzene rings is 1. The van der Waals surface area contributed by atoms with Crippen LogP contribution in [0.25, 0.3) is 0 Å². The van der Waals surface area contributed by atoms with Crippen LogP contribution in [-0.2, 0) is 4.74 Å². The van der Waals surface area contributed by atoms with Crippen LogP contribution in [0, 0.1) is 0 Å². The lowest BCUT2D eigenvalue weighted by Crippen LogP contribution is -2.02. The molecule has 0 bridgehead atoms. The molecule has 0 N–H and O–H groups in total. The molecule has 0 aliphatic heterocycles. The monoisotopic (exact) mass is 248 g/mol. The summed E-state index contributed by atoms with van der Waals surface area (Å²) in [5, 5.41) is 1.51. The van der Waals surface area contributed by atoms with Crippen molar-refractivity contribution in [3.63, 3.8) is 0 Å². The van der Waals surface area contributed by atoms with Crippen molar-refractivity contribution in [3.8, 4) is 0 Å². The van der Waals surface area contributed by atoms with Gasteiger partial charge in [0.05, 0.1) is 6.10 Å². The van der Waals surface area contributed by atoms with Crippen LogP contribution in [0.15, 0.2) is 24.3 Å². The van der Waals surface area contributed by atoms with Gasteiger partial charge in [0.15, 0.2) is 0 Å². The first-order chi connectivity index (χ1) is 5.79. The van der Waals surface area contributed by atoms with Gasteiger partial charge in [-0.2, -0.15) is 0 Å². The van der Waals surface area contributed by atoms with Gasteiger partial charge >= 0.3 is 0 Å². The van der Waals surface area contributed by atoms with Gasteiger partial charge in [-0.05, 0) is 6.07 Å². The lowest BCUT2D eigenvalue weighted by Gasteiger charge is -2.13. The zero-order valence-electron chi connectivity index (χ0n) is 6.76. The van der Waals surface area contributed by atoms with Crippen molar-refractivity contribution in [2.45, 2.75) is 6.10 Å². The fraction of sp³-hybridized carbons (Fsp3) is 0.333. The van der Waals surface area contributed by atoms with Crippen LogP contribution in [0.5, 0.6) is 0 Å². The fourth-order valence-electron chi connectivity index (χ4n) is 1.01. The first-order valence-corrected chi connectivity index (χ1v) is 5.12. The molecule has 1 aromatic carbocycles. The molecule has 3 heteroatoms. The summed E-state index contributed by atoms with van der Waals surface area (Å²) in [7, 11) is 1.68. The second kappa shape index (κ2) is 4.85. The summed E-state index contributed by atoms with van der Waals surface area (Å²) in [6, 6.07) is 7.70. The second-order valence-electron chi connectivity index (χ2n) is 2.40. The molecule has 1 nitrogen and oxygen atoms in total. The summed E-state index contributed by atoms with van der Waals surface area (Å²) >= 11 is 9.34. The van der Waals surface area contributed by atoms with Crippen molar-refractivity contribution in [2.75, 3.05) is 12.4 Å². The minimum Gasteiger partial charge on any atom is -0.376 e. The highest BCUT2D eigenvalue weighted by atomic mass is 79.9. The predicted octanol–water partition coefficient (Wildman–Crippen LogP) is 3.42. The number of hydrogen-bond donors (Lipinski definition) is 0. The van der Waals surface area contributed by atoms with Gasteiger partial charge in [-0.3, -0.25) is 0 Å². The Morgan fingerprint density at radius 2 is 2.17 bits per heavy atom. The molecule has 0 aromatic heterocycles. The Morgan fingerprint density at radius 3 is 2.67 bits per heavy atom. The van der Waals surface area contributed by atoms with Gasteiger partial charge in [0.2, 0.25) is 0 Å². The van der Waals surface area contributed by atoms with E-state index in [4.69, 9.17) is 16.3 Å². The quantitative estimate of drug-likeness (QED) is 0.746. The van der Waals surface area contributed by atoms with Crippen LogP contribution >= 0.6 is 27.5 Å². The third-order valence-corrected chi connectivity index (χ3v) is 2.61. The molecule has 1 aromatic rings. The molecule has 0 aliphatic rings. The Labute approximate surface area is 85.8 Å². The molecule has 0 heterocycles. The molecule has 1 rings (SSSR count). The highest BCUT2D eigenvalue weighted by Crippen LogP contribution is 2.25. The zero-order valence-corrected chi connectivity index (χ0v) is 9.10. The maximum absolute atomic E-state index is 5.98. The molecular weight excluding hydrogens is 239 g/mol. The largest absolute Gasteiger partial charge is 0.376 e. The van der Waals surface area contributed by atoms with E-state index in [0.717, 1.165) is 15.9 Å². The smallest absolute Gasteiger partial charge is 0.0932 e. The molecular formula is C9H10BrClO. The van der Waals surface area contributed by atoms with E-state index in [9.17, 15) is 0 Å². The first-order valence-electron chi connectivity index (χ1n) is 3.62. The maximum atomic E-state index is 5.98. The molecule has 0 spiro atoms.